The van der Waals surface area contributed by atoms with Gasteiger partial charge in [-0.2, -0.15) is 5.10 Å². The molecule has 0 saturated heterocycles. The number of amides is 1. The van der Waals surface area contributed by atoms with Gasteiger partial charge in [0, 0.05) is 14.1 Å². The number of halogens is 1. The number of nitrogens with zero attached hydrogens (tertiary/aromatic N) is 6. The van der Waals surface area contributed by atoms with E-state index in [0.717, 1.165) is 4.68 Å². The number of anilines is 1. The van der Waals surface area contributed by atoms with Gasteiger partial charge in [-0.25, -0.2) is 9.36 Å². The van der Waals surface area contributed by atoms with E-state index in [2.05, 4.69) is 25.9 Å². The summed E-state index contributed by atoms with van der Waals surface area (Å²) in [4.78, 5) is 24.8. The number of hydrogen-bond donors (Lipinski definition) is 1. The third-order valence-corrected chi connectivity index (χ3v) is 3.68. The normalized spacial score (nSPS) is 10.6. The van der Waals surface area contributed by atoms with Gasteiger partial charge in [0.05, 0.1) is 10.6 Å². The first-order valence-corrected chi connectivity index (χ1v) is 7.22. The molecule has 0 aliphatic carbocycles. The minimum absolute atomic E-state index is 0.0306. The molecule has 10 heteroatoms. The highest BCUT2D eigenvalue weighted by Crippen LogP contribution is 2.26. The number of tetrazole rings is 1. The molecule has 2 heterocycles. The summed E-state index contributed by atoms with van der Waals surface area (Å²) < 4.78 is 2.35. The highest BCUT2D eigenvalue weighted by atomic mass is 35.5. The number of aryl methyl sites for hydroxylation is 2. The molecule has 0 atom stereocenters. The number of carbonyl (C=O) groups excluding carboxylic acids is 1. The fourth-order valence-corrected chi connectivity index (χ4v) is 2.42. The second-order valence-electron chi connectivity index (χ2n) is 4.91. The van der Waals surface area contributed by atoms with Crippen LogP contribution in [0, 0.1) is 0 Å². The second-order valence-corrected chi connectivity index (χ2v) is 5.29. The van der Waals surface area contributed by atoms with Crippen molar-refractivity contribution >= 4 is 23.5 Å². The molecule has 24 heavy (non-hydrogen) atoms. The van der Waals surface area contributed by atoms with Crippen molar-refractivity contribution in [3.63, 3.8) is 0 Å². The van der Waals surface area contributed by atoms with Crippen molar-refractivity contribution < 1.29 is 4.79 Å². The lowest BCUT2D eigenvalue weighted by atomic mass is 10.1. The van der Waals surface area contributed by atoms with Crippen molar-refractivity contribution in [3.8, 4) is 11.1 Å². The molecule has 0 spiro atoms. The molecule has 0 radical (unpaired) electrons. The van der Waals surface area contributed by atoms with Crippen molar-refractivity contribution in [2.45, 2.75) is 0 Å². The summed E-state index contributed by atoms with van der Waals surface area (Å²) >= 11 is 6.30. The van der Waals surface area contributed by atoms with Gasteiger partial charge in [-0.15, -0.1) is 0 Å². The van der Waals surface area contributed by atoms with Crippen LogP contribution >= 0.6 is 11.6 Å². The molecule has 2 aromatic heterocycles. The van der Waals surface area contributed by atoms with E-state index in [0.29, 0.717) is 5.56 Å². The van der Waals surface area contributed by atoms with Gasteiger partial charge in [0.2, 0.25) is 5.95 Å². The summed E-state index contributed by atoms with van der Waals surface area (Å²) in [5, 5.41) is 17.1. The van der Waals surface area contributed by atoms with Gasteiger partial charge in [-0.05, 0) is 16.0 Å². The van der Waals surface area contributed by atoms with Crippen LogP contribution in [0.3, 0.4) is 0 Å². The maximum absolute atomic E-state index is 12.4. The van der Waals surface area contributed by atoms with E-state index >= 15 is 0 Å². The summed E-state index contributed by atoms with van der Waals surface area (Å²) in [5.74, 6) is -0.487. The SMILES string of the molecule is Cn1nnnc1NC(=O)c1nn(C)c(=O)c(-c2ccccc2)c1Cl. The van der Waals surface area contributed by atoms with E-state index in [9.17, 15) is 9.59 Å². The van der Waals surface area contributed by atoms with Gasteiger partial charge in [0.1, 0.15) is 0 Å². The van der Waals surface area contributed by atoms with Crippen LogP contribution < -0.4 is 10.9 Å². The Bertz CT molecular complexity index is 965. The van der Waals surface area contributed by atoms with Gasteiger partial charge in [0.25, 0.3) is 11.5 Å². The predicted octanol–water partition coefficient (Wildman–Crippen LogP) is 0.876. The Hall–Kier alpha value is -3.07. The summed E-state index contributed by atoms with van der Waals surface area (Å²) in [6.45, 7) is 0. The van der Waals surface area contributed by atoms with Crippen LogP contribution in [0.4, 0.5) is 5.95 Å². The molecule has 0 unspecified atom stereocenters. The van der Waals surface area contributed by atoms with Gasteiger partial charge in [-0.1, -0.05) is 47.0 Å². The maximum atomic E-state index is 12.4. The molecule has 0 saturated carbocycles. The first-order chi connectivity index (χ1) is 11.5. The Morgan fingerprint density at radius 1 is 1.17 bits per heavy atom. The number of carbonyl (C=O) groups is 1. The zero-order valence-electron chi connectivity index (χ0n) is 12.8. The molecule has 0 aliphatic heterocycles. The molecular weight excluding hydrogens is 334 g/mol. The molecule has 3 aromatic rings. The van der Waals surface area contributed by atoms with Crippen molar-refractivity contribution in [2.24, 2.45) is 14.1 Å². The maximum Gasteiger partial charge on any atom is 0.280 e. The Morgan fingerprint density at radius 3 is 2.50 bits per heavy atom. The second kappa shape index (κ2) is 6.20. The van der Waals surface area contributed by atoms with Crippen molar-refractivity contribution in [1.82, 2.24) is 30.0 Å². The molecule has 0 aliphatic rings. The third kappa shape index (κ3) is 2.76. The molecule has 1 N–H and O–H groups in total. The number of rotatable bonds is 3. The molecule has 0 fully saturated rings. The van der Waals surface area contributed by atoms with Crippen LogP contribution in [0.15, 0.2) is 35.1 Å². The molecule has 1 amide bonds. The molecule has 3 rings (SSSR count). The minimum Gasteiger partial charge on any atom is -0.288 e. The van der Waals surface area contributed by atoms with Crippen LogP contribution in [-0.4, -0.2) is 35.9 Å². The topological polar surface area (TPSA) is 108 Å². The predicted molar refractivity (Wildman–Crippen MR) is 86.7 cm³/mol. The van der Waals surface area contributed by atoms with E-state index in [-0.39, 0.29) is 22.2 Å². The zero-order valence-corrected chi connectivity index (χ0v) is 13.5. The average Bonchev–Trinajstić information content (AvgIpc) is 2.97. The fourth-order valence-electron chi connectivity index (χ4n) is 2.11. The molecule has 0 bridgehead atoms. The number of benzene rings is 1. The van der Waals surface area contributed by atoms with Gasteiger partial charge in [0.15, 0.2) is 5.69 Å². The van der Waals surface area contributed by atoms with Crippen LogP contribution in [0.5, 0.6) is 0 Å². The largest absolute Gasteiger partial charge is 0.288 e. The Kier molecular flexibility index (Phi) is 4.09. The monoisotopic (exact) mass is 345 g/mol. The third-order valence-electron chi connectivity index (χ3n) is 3.31. The van der Waals surface area contributed by atoms with E-state index < -0.39 is 11.5 Å². The molecule has 9 nitrogen and oxygen atoms in total. The number of hydrogen-bond acceptors (Lipinski definition) is 6. The lowest BCUT2D eigenvalue weighted by molar-refractivity contribution is 0.101. The van der Waals surface area contributed by atoms with Crippen molar-refractivity contribution in [1.29, 1.82) is 0 Å². The Labute approximate surface area is 140 Å². The van der Waals surface area contributed by atoms with E-state index in [1.165, 1.54) is 11.7 Å². The number of nitrogens with one attached hydrogen (secondary N) is 1. The standard InChI is InChI=1S/C14H12ClN7O2/c1-21-13(24)9(8-6-4-3-5-7-8)10(15)11(18-21)12(23)16-14-17-19-20-22(14)2/h3-7H,1-2H3,(H,16,17,20,23). The van der Waals surface area contributed by atoms with Gasteiger partial charge >= 0.3 is 0 Å². The van der Waals surface area contributed by atoms with Crippen LogP contribution in [0.1, 0.15) is 10.5 Å². The van der Waals surface area contributed by atoms with Gasteiger partial charge < -0.3 is 0 Å². The lowest BCUT2D eigenvalue weighted by Crippen LogP contribution is -2.27. The zero-order chi connectivity index (χ0) is 17.3. The van der Waals surface area contributed by atoms with Crippen LogP contribution in [0.25, 0.3) is 11.1 Å². The highest BCUT2D eigenvalue weighted by Gasteiger charge is 2.22. The molecule has 122 valence electrons. The molecular formula is C14H12ClN7O2. The summed E-state index contributed by atoms with van der Waals surface area (Å²) in [7, 11) is 3.02. The summed E-state index contributed by atoms with van der Waals surface area (Å²) in [6, 6.07) is 8.83. The molecule has 1 aromatic carbocycles. The average molecular weight is 346 g/mol. The first kappa shape index (κ1) is 15.8. The Balaban J connectivity index is 2.10. The van der Waals surface area contributed by atoms with E-state index in [1.54, 1.807) is 31.3 Å². The lowest BCUT2D eigenvalue weighted by Gasteiger charge is -2.10. The van der Waals surface area contributed by atoms with Crippen molar-refractivity contribution in [3.05, 3.63) is 51.4 Å². The van der Waals surface area contributed by atoms with E-state index in [4.69, 9.17) is 11.6 Å². The summed E-state index contributed by atoms with van der Waals surface area (Å²) in [5.41, 5.74) is 0.305. The van der Waals surface area contributed by atoms with Gasteiger partial charge in [-0.3, -0.25) is 14.9 Å². The van der Waals surface area contributed by atoms with Crippen LogP contribution in [-0.2, 0) is 14.1 Å². The highest BCUT2D eigenvalue weighted by molar-refractivity contribution is 6.36. The quantitative estimate of drug-likeness (QED) is 0.755. The van der Waals surface area contributed by atoms with Crippen LogP contribution in [0.2, 0.25) is 5.02 Å². The summed E-state index contributed by atoms with van der Waals surface area (Å²) in [6.07, 6.45) is 0. The first-order valence-electron chi connectivity index (χ1n) is 6.85. The minimum atomic E-state index is -0.620. The fraction of sp³-hybridized carbons (Fsp3) is 0.143. The Morgan fingerprint density at radius 2 is 1.88 bits per heavy atom. The smallest absolute Gasteiger partial charge is 0.280 e. The van der Waals surface area contributed by atoms with Crippen molar-refractivity contribution in [2.75, 3.05) is 5.32 Å². The van der Waals surface area contributed by atoms with E-state index in [1.807, 2.05) is 6.07 Å². The number of aromatic nitrogens is 6.